The molecular weight excluding hydrogens is 553 g/mol. The molecule has 2 fully saturated rings. The summed E-state index contributed by atoms with van der Waals surface area (Å²) in [5.74, 6) is 1.72. The predicted octanol–water partition coefficient (Wildman–Crippen LogP) is 2.87. The number of hydrogen-bond donors (Lipinski definition) is 2. The van der Waals surface area contributed by atoms with Gasteiger partial charge in [-0.15, -0.1) is 0 Å². The number of rotatable bonds is 4. The number of pyridine rings is 1. The van der Waals surface area contributed by atoms with Crippen LogP contribution in [0.15, 0.2) is 41.3 Å². The Bertz CT molecular complexity index is 1510. The van der Waals surface area contributed by atoms with Gasteiger partial charge >= 0.3 is 17.9 Å². The third-order valence-electron chi connectivity index (χ3n) is 7.73. The molecule has 5 rings (SSSR count). The van der Waals surface area contributed by atoms with E-state index < -0.39 is 60.5 Å². The molecule has 15 heteroatoms. The summed E-state index contributed by atoms with van der Waals surface area (Å²) < 4.78 is 70.9. The summed E-state index contributed by atoms with van der Waals surface area (Å²) in [6, 6.07) is 4.65. The van der Waals surface area contributed by atoms with Crippen LogP contribution >= 0.6 is 0 Å². The molecule has 1 unspecified atom stereocenters. The third-order valence-corrected chi connectivity index (χ3v) is 7.73. The van der Waals surface area contributed by atoms with Crippen LogP contribution in [0.4, 0.5) is 26.7 Å². The molecule has 0 saturated carbocycles. The molecule has 0 bridgehead atoms. The van der Waals surface area contributed by atoms with Gasteiger partial charge in [0.25, 0.3) is 0 Å². The number of urea groups is 1. The standard InChI is InChI=1S/C26H28F5N7O3/c27-18-4-1-3-17(21(18)28)15-6-7-19(23(39)36(13-15)14-26(29,30)31)34-24(40)35-11-8-16(9-12-35)37-20-5-2-10-33-22(20)38(32)25(37)41/h1-5,10,15-16,19H,6-9,11-14,32H2,(H,34,40)/t15?,19-/m1/s1. The number of likely N-dealkylation sites (tertiary alicyclic amines) is 2. The van der Waals surface area contributed by atoms with E-state index in [9.17, 15) is 36.3 Å². The minimum Gasteiger partial charge on any atom is -0.333 e. The number of piperidine rings is 1. The van der Waals surface area contributed by atoms with Crippen LogP contribution < -0.4 is 16.8 Å². The van der Waals surface area contributed by atoms with Crippen LogP contribution in [-0.2, 0) is 4.79 Å². The second kappa shape index (κ2) is 11.0. The molecule has 0 spiro atoms. The van der Waals surface area contributed by atoms with Crippen LogP contribution in [0, 0.1) is 11.6 Å². The Morgan fingerprint density at radius 2 is 1.78 bits per heavy atom. The number of fused-ring (bicyclic) bond motifs is 1. The Morgan fingerprint density at radius 1 is 1.05 bits per heavy atom. The zero-order chi connectivity index (χ0) is 29.5. The number of alkyl halides is 3. The van der Waals surface area contributed by atoms with Crippen molar-refractivity contribution in [3.8, 4) is 0 Å². The van der Waals surface area contributed by atoms with Crippen molar-refractivity contribution in [2.24, 2.45) is 0 Å². The monoisotopic (exact) mass is 581 g/mol. The largest absolute Gasteiger partial charge is 0.406 e. The summed E-state index contributed by atoms with van der Waals surface area (Å²) in [6.45, 7) is -1.64. The Kier molecular flexibility index (Phi) is 7.62. The van der Waals surface area contributed by atoms with Crippen molar-refractivity contribution in [1.82, 2.24) is 29.3 Å². The van der Waals surface area contributed by atoms with Gasteiger partial charge in [-0.1, -0.05) is 12.1 Å². The SMILES string of the molecule is Nn1c(=O)n(C2CCN(C(=O)N[C@@H]3CCC(c4cccc(F)c4F)CN(CC(F)(F)F)C3=O)CC2)c2cccnc21. The van der Waals surface area contributed by atoms with Gasteiger partial charge in [-0.2, -0.15) is 17.8 Å². The van der Waals surface area contributed by atoms with Gasteiger partial charge in [0.1, 0.15) is 12.6 Å². The Labute approximate surface area is 230 Å². The van der Waals surface area contributed by atoms with Gasteiger partial charge in [-0.25, -0.2) is 23.4 Å². The van der Waals surface area contributed by atoms with Crippen molar-refractivity contribution in [2.75, 3.05) is 32.0 Å². The van der Waals surface area contributed by atoms with Crippen molar-refractivity contribution in [3.05, 3.63) is 64.2 Å². The molecular formula is C26H28F5N7O3. The molecule has 10 nitrogen and oxygen atoms in total. The topological polar surface area (TPSA) is 118 Å². The van der Waals surface area contributed by atoms with Gasteiger partial charge in [-0.3, -0.25) is 9.36 Å². The molecule has 41 heavy (non-hydrogen) atoms. The van der Waals surface area contributed by atoms with Gasteiger partial charge in [0, 0.05) is 37.8 Å². The molecule has 4 heterocycles. The van der Waals surface area contributed by atoms with Crippen molar-refractivity contribution in [2.45, 2.75) is 49.9 Å². The van der Waals surface area contributed by atoms with Crippen LogP contribution in [0.2, 0.25) is 0 Å². The number of nitrogens with zero attached hydrogens (tertiary/aromatic N) is 5. The number of halogens is 5. The number of imidazole rings is 1. The van der Waals surface area contributed by atoms with E-state index in [0.29, 0.717) is 28.9 Å². The Morgan fingerprint density at radius 3 is 2.49 bits per heavy atom. The Hall–Kier alpha value is -4.17. The van der Waals surface area contributed by atoms with E-state index in [1.165, 1.54) is 27.8 Å². The number of aromatic nitrogens is 3. The maximum atomic E-state index is 14.5. The van der Waals surface area contributed by atoms with E-state index in [-0.39, 0.29) is 37.5 Å². The maximum Gasteiger partial charge on any atom is 0.406 e. The molecule has 1 aromatic carbocycles. The molecule has 2 aliphatic rings. The van der Waals surface area contributed by atoms with E-state index in [2.05, 4.69) is 10.3 Å². The number of benzene rings is 1. The van der Waals surface area contributed by atoms with E-state index in [1.54, 1.807) is 12.1 Å². The summed E-state index contributed by atoms with van der Waals surface area (Å²) in [5.41, 5.74) is 0.313. The minimum atomic E-state index is -4.73. The van der Waals surface area contributed by atoms with Crippen LogP contribution in [0.3, 0.4) is 0 Å². The summed E-state index contributed by atoms with van der Waals surface area (Å²) in [7, 11) is 0. The number of carbonyl (C=O) groups is 2. The zero-order valence-electron chi connectivity index (χ0n) is 21.8. The lowest BCUT2D eigenvalue weighted by atomic mass is 9.93. The molecule has 2 saturated heterocycles. The van der Waals surface area contributed by atoms with E-state index in [0.717, 1.165) is 10.7 Å². The highest BCUT2D eigenvalue weighted by atomic mass is 19.4. The highest BCUT2D eigenvalue weighted by Gasteiger charge is 2.40. The number of nitrogens with two attached hydrogens (primary N) is 1. The molecule has 3 N–H and O–H groups in total. The summed E-state index contributed by atoms with van der Waals surface area (Å²) in [4.78, 5) is 45.1. The molecule has 0 radical (unpaired) electrons. The first kappa shape index (κ1) is 28.4. The fraction of sp³-hybridized carbons (Fsp3) is 0.462. The van der Waals surface area contributed by atoms with Crippen molar-refractivity contribution in [1.29, 1.82) is 0 Å². The van der Waals surface area contributed by atoms with Gasteiger partial charge < -0.3 is 21.0 Å². The van der Waals surface area contributed by atoms with Crippen molar-refractivity contribution >= 4 is 23.1 Å². The van der Waals surface area contributed by atoms with E-state index in [1.807, 2.05) is 0 Å². The van der Waals surface area contributed by atoms with Gasteiger partial charge in [0.15, 0.2) is 17.3 Å². The molecule has 0 aliphatic carbocycles. The first-order chi connectivity index (χ1) is 19.4. The molecule has 2 atom stereocenters. The lowest BCUT2D eigenvalue weighted by Crippen LogP contribution is -2.54. The van der Waals surface area contributed by atoms with Crippen molar-refractivity contribution in [3.63, 3.8) is 0 Å². The third kappa shape index (κ3) is 5.70. The van der Waals surface area contributed by atoms with Gasteiger partial charge in [0.05, 0.1) is 5.52 Å². The highest BCUT2D eigenvalue weighted by Crippen LogP contribution is 2.32. The van der Waals surface area contributed by atoms with Crippen LogP contribution in [-0.4, -0.2) is 74.4 Å². The van der Waals surface area contributed by atoms with Crippen LogP contribution in [0.5, 0.6) is 0 Å². The molecule has 220 valence electrons. The fourth-order valence-corrected chi connectivity index (χ4v) is 5.73. The van der Waals surface area contributed by atoms with E-state index in [4.69, 9.17) is 5.84 Å². The predicted molar refractivity (Wildman–Crippen MR) is 137 cm³/mol. The number of amides is 3. The maximum absolute atomic E-state index is 14.5. The summed E-state index contributed by atoms with van der Waals surface area (Å²) in [6.07, 6.45) is -2.45. The minimum absolute atomic E-state index is 0.0492. The normalized spacial score (nSPS) is 20.9. The first-order valence-electron chi connectivity index (χ1n) is 13.1. The summed E-state index contributed by atoms with van der Waals surface area (Å²) >= 11 is 0. The zero-order valence-corrected chi connectivity index (χ0v) is 21.8. The first-order valence-corrected chi connectivity index (χ1v) is 13.1. The molecule has 2 aliphatic heterocycles. The molecule has 3 aromatic rings. The molecule has 3 amide bonds. The Balaban J connectivity index is 1.28. The van der Waals surface area contributed by atoms with Crippen molar-refractivity contribution < 1.29 is 31.5 Å². The highest BCUT2D eigenvalue weighted by molar-refractivity contribution is 5.87. The van der Waals surface area contributed by atoms with Gasteiger partial charge in [-0.05, 0) is 49.4 Å². The van der Waals surface area contributed by atoms with Crippen LogP contribution in [0.1, 0.15) is 43.2 Å². The second-order valence-corrected chi connectivity index (χ2v) is 10.3. The average Bonchev–Trinajstić information content (AvgIpc) is 3.10. The summed E-state index contributed by atoms with van der Waals surface area (Å²) in [5, 5.41) is 2.55. The number of carbonyl (C=O) groups excluding carboxylic acids is 2. The lowest BCUT2D eigenvalue weighted by molar-refractivity contribution is -0.162. The van der Waals surface area contributed by atoms with E-state index >= 15 is 0 Å². The molecule has 2 aromatic heterocycles. The fourth-order valence-electron chi connectivity index (χ4n) is 5.73. The number of nitrogens with one attached hydrogen (secondary N) is 1. The average molecular weight is 582 g/mol. The number of nitrogen functional groups attached to an aromatic ring is 1. The van der Waals surface area contributed by atoms with Gasteiger partial charge in [0.2, 0.25) is 5.91 Å². The smallest absolute Gasteiger partial charge is 0.333 e. The lowest BCUT2D eigenvalue weighted by Gasteiger charge is -2.34. The van der Waals surface area contributed by atoms with Crippen LogP contribution in [0.25, 0.3) is 11.2 Å². The number of hydrogen-bond acceptors (Lipinski definition) is 5. The second-order valence-electron chi connectivity index (χ2n) is 10.3. The quantitative estimate of drug-likeness (QED) is 0.363.